The molecule has 7 heteroatoms. The number of hydrogen-bond acceptors (Lipinski definition) is 6. The van der Waals surface area contributed by atoms with Gasteiger partial charge in [0, 0.05) is 45.2 Å². The number of allylic oxidation sites excluding steroid dienone is 3. The zero-order chi connectivity index (χ0) is 28.2. The Labute approximate surface area is 239 Å². The van der Waals surface area contributed by atoms with E-state index in [-0.39, 0.29) is 12.1 Å². The third-order valence-corrected chi connectivity index (χ3v) is 8.94. The van der Waals surface area contributed by atoms with E-state index >= 15 is 0 Å². The van der Waals surface area contributed by atoms with Crippen molar-refractivity contribution in [1.82, 2.24) is 19.6 Å². The number of likely N-dealkylation sites (tertiary alicyclic amines) is 1. The quantitative estimate of drug-likeness (QED) is 0.251. The van der Waals surface area contributed by atoms with Crippen LogP contribution in [0.1, 0.15) is 85.0 Å². The van der Waals surface area contributed by atoms with Crippen LogP contribution in [0.4, 0.5) is 0 Å². The van der Waals surface area contributed by atoms with Gasteiger partial charge in [0.25, 0.3) is 0 Å². The van der Waals surface area contributed by atoms with Crippen molar-refractivity contribution in [3.8, 4) is 0 Å². The van der Waals surface area contributed by atoms with Gasteiger partial charge in [-0.25, -0.2) is 0 Å². The minimum absolute atomic E-state index is 0.290. The highest BCUT2D eigenvalue weighted by Gasteiger charge is 2.38. The van der Waals surface area contributed by atoms with E-state index in [2.05, 4.69) is 66.6 Å². The van der Waals surface area contributed by atoms with Crippen LogP contribution in [-0.2, 0) is 9.53 Å². The molecule has 1 aliphatic carbocycles. The first-order valence-electron chi connectivity index (χ1n) is 16.0. The van der Waals surface area contributed by atoms with Gasteiger partial charge in [-0.15, -0.1) is 0 Å². The number of unbranched alkanes of at least 4 members (excludes halogenated alkanes) is 2. The molecule has 1 N–H and O–H groups in total. The van der Waals surface area contributed by atoms with Gasteiger partial charge in [-0.2, -0.15) is 0 Å². The van der Waals surface area contributed by atoms with E-state index in [1.165, 1.54) is 5.57 Å². The van der Waals surface area contributed by atoms with Crippen LogP contribution >= 0.6 is 0 Å². The second-order valence-electron chi connectivity index (χ2n) is 12.3. The third-order valence-electron chi connectivity index (χ3n) is 8.94. The Bertz CT molecular complexity index is 798. The number of nitrogens with zero attached hydrogens (tertiary/aromatic N) is 4. The van der Waals surface area contributed by atoms with E-state index in [0.717, 1.165) is 116 Å². The first kappa shape index (κ1) is 32.1. The van der Waals surface area contributed by atoms with E-state index < -0.39 is 0 Å². The maximum absolute atomic E-state index is 13.7. The molecule has 7 nitrogen and oxygen atoms in total. The molecule has 3 aliphatic rings. The lowest BCUT2D eigenvalue weighted by Gasteiger charge is -2.32. The molecule has 2 fully saturated rings. The standard InChI is InChI=1S/C32H58N4O3/c1-6-9-17-34(19-11-16-33(4)5)32(38)25-36-24-28(26-12-13-30-27(22-26)15-21-39-30)23-29(36)14-20-35(18-10-7-2)31(37)8-3/h13,22,26,28-29,31,37H,6-12,14-21,23-25H2,1-5H3/t26-,28-,29+,31?/m1/s1. The van der Waals surface area contributed by atoms with Crippen LogP contribution in [0.15, 0.2) is 23.5 Å². The second kappa shape index (κ2) is 16.8. The number of amides is 1. The summed E-state index contributed by atoms with van der Waals surface area (Å²) in [6.07, 6.45) is 14.8. The van der Waals surface area contributed by atoms with Crippen molar-refractivity contribution in [2.75, 3.05) is 66.5 Å². The number of carbonyl (C=O) groups excluding carboxylic acids is 1. The molecular formula is C32H58N4O3. The Morgan fingerprint density at radius 3 is 2.54 bits per heavy atom. The van der Waals surface area contributed by atoms with Crippen molar-refractivity contribution < 1.29 is 14.6 Å². The van der Waals surface area contributed by atoms with Crippen LogP contribution in [-0.4, -0.2) is 109 Å². The van der Waals surface area contributed by atoms with Gasteiger partial charge in [-0.1, -0.05) is 39.7 Å². The fourth-order valence-corrected chi connectivity index (χ4v) is 6.47. The Morgan fingerprint density at radius 2 is 1.82 bits per heavy atom. The highest BCUT2D eigenvalue weighted by molar-refractivity contribution is 5.78. The zero-order valence-electron chi connectivity index (χ0n) is 25.7. The van der Waals surface area contributed by atoms with Crippen LogP contribution in [0.2, 0.25) is 0 Å². The van der Waals surface area contributed by atoms with Crippen molar-refractivity contribution in [2.45, 2.75) is 97.2 Å². The van der Waals surface area contributed by atoms with Crippen molar-refractivity contribution in [1.29, 1.82) is 0 Å². The summed E-state index contributed by atoms with van der Waals surface area (Å²) in [5, 5.41) is 10.7. The van der Waals surface area contributed by atoms with Crippen molar-refractivity contribution in [3.63, 3.8) is 0 Å². The second-order valence-corrected chi connectivity index (χ2v) is 12.3. The van der Waals surface area contributed by atoms with Gasteiger partial charge in [-0.05, 0) is 89.1 Å². The van der Waals surface area contributed by atoms with Gasteiger partial charge in [-0.3, -0.25) is 14.6 Å². The predicted octanol–water partition coefficient (Wildman–Crippen LogP) is 4.73. The highest BCUT2D eigenvalue weighted by Crippen LogP contribution is 2.39. The fourth-order valence-electron chi connectivity index (χ4n) is 6.47. The maximum atomic E-state index is 13.7. The zero-order valence-corrected chi connectivity index (χ0v) is 25.7. The molecule has 2 heterocycles. The van der Waals surface area contributed by atoms with Crippen LogP contribution < -0.4 is 0 Å². The van der Waals surface area contributed by atoms with Gasteiger partial charge >= 0.3 is 0 Å². The first-order valence-corrected chi connectivity index (χ1v) is 16.0. The van der Waals surface area contributed by atoms with Crippen LogP contribution in [0.5, 0.6) is 0 Å². The number of hydrogen-bond donors (Lipinski definition) is 1. The number of fused-ring (bicyclic) bond motifs is 1. The SMILES string of the molecule is CCCCN(CCCN(C)C)C(=O)CN1C[C@H]([C@H]2C=C3CCOC3=CC2)C[C@@H]1CCN(CCCC)C(O)CC. The van der Waals surface area contributed by atoms with E-state index in [9.17, 15) is 9.90 Å². The van der Waals surface area contributed by atoms with Crippen molar-refractivity contribution >= 4 is 5.91 Å². The topological polar surface area (TPSA) is 59.5 Å². The fraction of sp³-hybridized carbons (Fsp3) is 0.844. The Kier molecular flexibility index (Phi) is 13.8. The molecule has 4 atom stereocenters. The molecular weight excluding hydrogens is 488 g/mol. The molecule has 0 spiro atoms. The summed E-state index contributed by atoms with van der Waals surface area (Å²) in [4.78, 5) is 22.8. The molecule has 3 rings (SSSR count). The van der Waals surface area contributed by atoms with E-state index in [1.54, 1.807) is 0 Å². The lowest BCUT2D eigenvalue weighted by molar-refractivity contribution is -0.133. The van der Waals surface area contributed by atoms with Gasteiger partial charge < -0.3 is 19.6 Å². The summed E-state index contributed by atoms with van der Waals surface area (Å²) in [5.74, 6) is 2.49. The molecule has 0 aromatic carbocycles. The number of aliphatic hydroxyl groups excluding tert-OH is 1. The molecule has 0 aromatic rings. The molecule has 0 saturated carbocycles. The Hall–Kier alpha value is -1.41. The monoisotopic (exact) mass is 546 g/mol. The van der Waals surface area contributed by atoms with Crippen LogP contribution in [0, 0.1) is 11.8 Å². The van der Waals surface area contributed by atoms with E-state index in [4.69, 9.17) is 4.74 Å². The molecule has 2 aliphatic heterocycles. The minimum atomic E-state index is -0.376. The first-order chi connectivity index (χ1) is 18.9. The van der Waals surface area contributed by atoms with E-state index in [0.29, 0.717) is 24.4 Å². The average molecular weight is 547 g/mol. The summed E-state index contributed by atoms with van der Waals surface area (Å²) < 4.78 is 5.80. The molecule has 0 aromatic heterocycles. The number of rotatable bonds is 18. The minimum Gasteiger partial charge on any atom is -0.493 e. The number of aliphatic hydroxyl groups is 1. The van der Waals surface area contributed by atoms with E-state index in [1.807, 2.05) is 0 Å². The van der Waals surface area contributed by atoms with Crippen LogP contribution in [0.3, 0.4) is 0 Å². The Balaban J connectivity index is 1.69. The summed E-state index contributed by atoms with van der Waals surface area (Å²) >= 11 is 0. The molecule has 39 heavy (non-hydrogen) atoms. The van der Waals surface area contributed by atoms with Crippen molar-refractivity contribution in [2.24, 2.45) is 11.8 Å². The molecule has 1 unspecified atom stereocenters. The molecule has 2 saturated heterocycles. The third kappa shape index (κ3) is 9.87. The average Bonchev–Trinajstić information content (AvgIpc) is 3.56. The van der Waals surface area contributed by atoms with Gasteiger partial charge in [0.2, 0.25) is 5.91 Å². The molecule has 0 radical (unpaired) electrons. The predicted molar refractivity (Wildman–Crippen MR) is 160 cm³/mol. The molecule has 224 valence electrons. The van der Waals surface area contributed by atoms with Crippen LogP contribution in [0.25, 0.3) is 0 Å². The molecule has 1 amide bonds. The lowest BCUT2D eigenvalue weighted by atomic mass is 9.82. The lowest BCUT2D eigenvalue weighted by Crippen LogP contribution is -2.45. The largest absolute Gasteiger partial charge is 0.493 e. The Morgan fingerprint density at radius 1 is 1.08 bits per heavy atom. The number of carbonyl (C=O) groups is 1. The summed E-state index contributed by atoms with van der Waals surface area (Å²) in [7, 11) is 4.20. The van der Waals surface area contributed by atoms with Gasteiger partial charge in [0.15, 0.2) is 0 Å². The normalized spacial score (nSPS) is 24.1. The van der Waals surface area contributed by atoms with Crippen molar-refractivity contribution in [3.05, 3.63) is 23.5 Å². The summed E-state index contributed by atoms with van der Waals surface area (Å²) in [6.45, 7) is 13.3. The van der Waals surface area contributed by atoms with Gasteiger partial charge in [0.1, 0.15) is 12.0 Å². The van der Waals surface area contributed by atoms with Gasteiger partial charge in [0.05, 0.1) is 13.2 Å². The summed E-state index contributed by atoms with van der Waals surface area (Å²) in [6, 6.07) is 0.380. The smallest absolute Gasteiger partial charge is 0.236 e. The highest BCUT2D eigenvalue weighted by atomic mass is 16.5. The maximum Gasteiger partial charge on any atom is 0.236 e. The summed E-state index contributed by atoms with van der Waals surface area (Å²) in [5.41, 5.74) is 1.39. The number of ether oxygens (including phenoxy) is 1. The molecule has 0 bridgehead atoms.